The van der Waals surface area contributed by atoms with E-state index in [4.69, 9.17) is 0 Å². The molecule has 0 aliphatic carbocycles. The van der Waals surface area contributed by atoms with Gasteiger partial charge in [0.25, 0.3) is 0 Å². The Morgan fingerprint density at radius 2 is 2.38 bits per heavy atom. The lowest BCUT2D eigenvalue weighted by Crippen LogP contribution is -1.89. The topological polar surface area (TPSA) is 29.3 Å². The van der Waals surface area contributed by atoms with Crippen LogP contribution in [0.4, 0.5) is 0 Å². The molecule has 0 aromatic carbocycles. The van der Waals surface area contributed by atoms with Gasteiger partial charge in [-0.3, -0.25) is 0 Å². The quantitative estimate of drug-likeness (QED) is 0.589. The zero-order chi connectivity index (χ0) is 9.26. The van der Waals surface area contributed by atoms with Crippen molar-refractivity contribution in [3.8, 4) is 0 Å². The number of nitrogens with one attached hydrogen (secondary N) is 1. The molecule has 1 N–H and O–H groups in total. The van der Waals surface area contributed by atoms with E-state index in [2.05, 4.69) is 21.9 Å². The van der Waals surface area contributed by atoms with Gasteiger partial charge in [0.05, 0.1) is 0 Å². The molecule has 0 aliphatic rings. The van der Waals surface area contributed by atoms with Gasteiger partial charge in [0.1, 0.15) is 5.65 Å². The van der Waals surface area contributed by atoms with Gasteiger partial charge in [0.15, 0.2) is 0 Å². The zero-order valence-corrected chi connectivity index (χ0v) is 8.77. The van der Waals surface area contributed by atoms with Crippen molar-refractivity contribution in [2.24, 2.45) is 0 Å². The lowest BCUT2D eigenvalue weighted by atomic mass is 10.4. The highest BCUT2D eigenvalue weighted by Gasteiger charge is 1.99. The van der Waals surface area contributed by atoms with E-state index in [9.17, 15) is 0 Å². The Kier molecular flexibility index (Phi) is 2.48. The highest BCUT2D eigenvalue weighted by Crippen LogP contribution is 2.16. The minimum atomic E-state index is 0.973. The molecule has 0 saturated carbocycles. The maximum absolute atomic E-state index is 4.23. The maximum Gasteiger partial charge on any atom is 0.136 e. The molecule has 3 nitrogen and oxygen atoms in total. The smallest absolute Gasteiger partial charge is 0.136 e. The fraction of sp³-hybridized carbons (Fsp3) is 0.125. The van der Waals surface area contributed by atoms with Crippen LogP contribution in [0.3, 0.4) is 0 Å². The predicted molar refractivity (Wildman–Crippen MR) is 57.9 cm³/mol. The number of aryl methyl sites for hydroxylation is 1. The number of imidazole rings is 1. The van der Waals surface area contributed by atoms with Gasteiger partial charge in [-0.25, -0.2) is 9.11 Å². The van der Waals surface area contributed by atoms with Gasteiger partial charge in [-0.05, 0) is 31.0 Å². The van der Waals surface area contributed by atoms with Crippen LogP contribution in [0, 0.1) is 6.92 Å². The van der Waals surface area contributed by atoms with Crippen LogP contribution in [-0.4, -0.2) is 9.38 Å². The van der Waals surface area contributed by atoms with Crippen molar-refractivity contribution in [1.29, 1.82) is 0 Å². The molecule has 5 heteroatoms. The Labute approximate surface area is 86.2 Å². The molecule has 0 atom stereocenters. The monoisotopic (exact) mass is 211 g/mol. The summed E-state index contributed by atoms with van der Waals surface area (Å²) >= 11 is 5.39. The minimum absolute atomic E-state index is 0.973. The van der Waals surface area contributed by atoms with Crippen LogP contribution in [0.15, 0.2) is 29.4 Å². The first-order valence-electron chi connectivity index (χ1n) is 3.81. The Hall–Kier alpha value is -0.650. The lowest BCUT2D eigenvalue weighted by molar-refractivity contribution is 1.07. The first-order chi connectivity index (χ1) is 6.31. The van der Waals surface area contributed by atoms with Gasteiger partial charge in [-0.1, -0.05) is 12.8 Å². The third-order valence-electron chi connectivity index (χ3n) is 1.83. The lowest BCUT2D eigenvalue weighted by Gasteiger charge is -2.00. The maximum atomic E-state index is 4.23. The second kappa shape index (κ2) is 3.61. The Morgan fingerprint density at radius 1 is 1.54 bits per heavy atom. The van der Waals surface area contributed by atoms with Crippen LogP contribution in [0.1, 0.15) is 5.69 Å². The van der Waals surface area contributed by atoms with Crippen LogP contribution in [-0.2, 0) is 0 Å². The van der Waals surface area contributed by atoms with Crippen LogP contribution in [0.2, 0.25) is 0 Å². The third-order valence-corrected chi connectivity index (χ3v) is 2.67. The Bertz CT molecular complexity index is 424. The normalized spacial score (nSPS) is 10.9. The van der Waals surface area contributed by atoms with Crippen LogP contribution in [0.25, 0.3) is 5.65 Å². The first-order valence-corrected chi connectivity index (χ1v) is 5.07. The number of pyridine rings is 1. The van der Waals surface area contributed by atoms with Gasteiger partial charge in [-0.15, -0.1) is 0 Å². The third kappa shape index (κ3) is 1.67. The highest BCUT2D eigenvalue weighted by atomic mass is 32.2. The fourth-order valence-electron chi connectivity index (χ4n) is 1.20. The summed E-state index contributed by atoms with van der Waals surface area (Å²) in [6.45, 7) is 2.03. The van der Waals surface area contributed by atoms with E-state index in [0.29, 0.717) is 0 Å². The second-order valence-corrected chi connectivity index (χ2v) is 4.09. The van der Waals surface area contributed by atoms with Crippen molar-refractivity contribution in [2.75, 3.05) is 0 Å². The summed E-state index contributed by atoms with van der Waals surface area (Å²) in [7, 11) is 0. The standard InChI is InChI=1S/C8H9N3S2/c1-6-4-9-8-3-2-7(13-10-12)5-11(6)8/h2-5,10,12H,1H3. The van der Waals surface area contributed by atoms with E-state index in [1.165, 1.54) is 11.9 Å². The summed E-state index contributed by atoms with van der Waals surface area (Å²) < 4.78 is 4.79. The van der Waals surface area contributed by atoms with Crippen molar-refractivity contribution < 1.29 is 0 Å². The molecule has 0 radical (unpaired) electrons. The largest absolute Gasteiger partial charge is 0.303 e. The summed E-state index contributed by atoms with van der Waals surface area (Å²) in [5.74, 6) is 0. The fourth-order valence-corrected chi connectivity index (χ4v) is 1.91. The van der Waals surface area contributed by atoms with Crippen LogP contribution in [0.5, 0.6) is 0 Å². The molecule has 0 bridgehead atoms. The molecule has 0 spiro atoms. The molecule has 2 aromatic rings. The van der Waals surface area contributed by atoms with Gasteiger partial charge >= 0.3 is 0 Å². The predicted octanol–water partition coefficient (Wildman–Crippen LogP) is 2.08. The van der Waals surface area contributed by atoms with Crippen LogP contribution < -0.4 is 4.13 Å². The number of rotatable bonds is 2. The summed E-state index contributed by atoms with van der Waals surface area (Å²) in [6, 6.07) is 4.00. The van der Waals surface area contributed by atoms with Gasteiger partial charge in [0.2, 0.25) is 0 Å². The molecule has 13 heavy (non-hydrogen) atoms. The van der Waals surface area contributed by atoms with E-state index >= 15 is 0 Å². The molecule has 0 amide bonds. The number of hydrogen-bond acceptors (Lipinski definition) is 4. The SMILES string of the molecule is Cc1cnc2ccc(SNS)cn12. The van der Waals surface area contributed by atoms with Gasteiger partial charge in [0, 0.05) is 23.0 Å². The Balaban J connectivity index is 2.53. The van der Waals surface area contributed by atoms with Crippen molar-refractivity contribution >= 4 is 30.4 Å². The van der Waals surface area contributed by atoms with E-state index in [1.54, 1.807) is 0 Å². The second-order valence-electron chi connectivity index (χ2n) is 2.69. The molecule has 2 heterocycles. The first kappa shape index (κ1) is 8.93. The molecule has 2 aromatic heterocycles. The van der Waals surface area contributed by atoms with Crippen molar-refractivity contribution in [1.82, 2.24) is 13.5 Å². The molecule has 2 rings (SSSR count). The highest BCUT2D eigenvalue weighted by molar-refractivity contribution is 8.06. The van der Waals surface area contributed by atoms with E-state index < -0.39 is 0 Å². The summed E-state index contributed by atoms with van der Waals surface area (Å²) in [6.07, 6.45) is 3.89. The molecular formula is C8H9N3S2. The average molecular weight is 211 g/mol. The minimum Gasteiger partial charge on any atom is -0.303 e. The summed E-state index contributed by atoms with van der Waals surface area (Å²) in [5, 5.41) is 0. The number of aromatic nitrogens is 2. The average Bonchev–Trinajstić information content (AvgIpc) is 2.49. The Morgan fingerprint density at radius 3 is 3.15 bits per heavy atom. The van der Waals surface area contributed by atoms with Crippen molar-refractivity contribution in [2.45, 2.75) is 11.8 Å². The molecule has 0 fully saturated rings. The van der Waals surface area contributed by atoms with Gasteiger partial charge < -0.3 is 4.40 Å². The van der Waals surface area contributed by atoms with Gasteiger partial charge in [-0.2, -0.15) is 0 Å². The summed E-state index contributed by atoms with van der Waals surface area (Å²) in [5.41, 5.74) is 2.11. The summed E-state index contributed by atoms with van der Waals surface area (Å²) in [4.78, 5) is 5.35. The number of fused-ring (bicyclic) bond motifs is 1. The number of nitrogens with zero attached hydrogens (tertiary/aromatic N) is 2. The molecular weight excluding hydrogens is 202 g/mol. The number of hydrogen-bond donors (Lipinski definition) is 2. The van der Waals surface area contributed by atoms with E-state index in [-0.39, 0.29) is 0 Å². The number of thiol groups is 1. The van der Waals surface area contributed by atoms with E-state index in [0.717, 1.165) is 16.2 Å². The van der Waals surface area contributed by atoms with Crippen LogP contribution >= 0.6 is 24.8 Å². The zero-order valence-electron chi connectivity index (χ0n) is 7.06. The van der Waals surface area contributed by atoms with Crippen molar-refractivity contribution in [3.63, 3.8) is 0 Å². The molecule has 0 saturated heterocycles. The molecule has 0 aliphatic heterocycles. The van der Waals surface area contributed by atoms with E-state index in [1.807, 2.05) is 35.9 Å². The molecule has 68 valence electrons. The van der Waals surface area contributed by atoms with Crippen molar-refractivity contribution in [3.05, 3.63) is 30.2 Å². The molecule has 0 unspecified atom stereocenters.